The maximum Gasteiger partial charge on any atom is 0.471 e. The molecule has 4 amide bonds. The van der Waals surface area contributed by atoms with E-state index in [1.807, 2.05) is 6.07 Å². The topological polar surface area (TPSA) is 132 Å². The van der Waals surface area contributed by atoms with Gasteiger partial charge in [-0.3, -0.25) is 19.2 Å². The van der Waals surface area contributed by atoms with Gasteiger partial charge in [-0.05, 0) is 30.7 Å². The Kier molecular flexibility index (Phi) is 7.80. The number of amides is 4. The summed E-state index contributed by atoms with van der Waals surface area (Å²) in [6, 6.07) is 4.27. The van der Waals surface area contributed by atoms with Gasteiger partial charge in [0.05, 0.1) is 12.6 Å². The van der Waals surface area contributed by atoms with Gasteiger partial charge in [-0.25, -0.2) is 4.39 Å². The third-order valence-corrected chi connectivity index (χ3v) is 8.41. The monoisotopic (exact) mass is 593 g/mol. The number of hydrogen-bond acceptors (Lipinski definition) is 6. The van der Waals surface area contributed by atoms with E-state index in [-0.39, 0.29) is 42.4 Å². The second kappa shape index (κ2) is 11.1. The van der Waals surface area contributed by atoms with Crippen LogP contribution in [0.2, 0.25) is 0 Å². The Morgan fingerprint density at radius 3 is 2.45 bits per heavy atom. The number of nitrogens with one attached hydrogen (secondary N) is 2. The summed E-state index contributed by atoms with van der Waals surface area (Å²) in [7, 11) is 1.29. The molecule has 0 radical (unpaired) electrons. The van der Waals surface area contributed by atoms with E-state index in [9.17, 15) is 42.0 Å². The van der Waals surface area contributed by atoms with Crippen molar-refractivity contribution in [3.05, 3.63) is 29.8 Å². The Hall–Kier alpha value is -3.89. The lowest BCUT2D eigenvalue weighted by Gasteiger charge is -2.34. The van der Waals surface area contributed by atoms with Gasteiger partial charge in [-0.2, -0.15) is 18.4 Å². The van der Waals surface area contributed by atoms with Crippen molar-refractivity contribution in [1.29, 1.82) is 5.26 Å². The molecule has 42 heavy (non-hydrogen) atoms. The van der Waals surface area contributed by atoms with Crippen molar-refractivity contribution < 1.29 is 41.5 Å². The summed E-state index contributed by atoms with van der Waals surface area (Å²) in [4.78, 5) is 54.7. The van der Waals surface area contributed by atoms with Crippen LogP contribution in [-0.4, -0.2) is 76.9 Å². The van der Waals surface area contributed by atoms with Gasteiger partial charge in [0.1, 0.15) is 23.9 Å². The fraction of sp³-hybridized carbons (Fsp3) is 0.607. The van der Waals surface area contributed by atoms with Crippen molar-refractivity contribution in [2.45, 2.75) is 81.1 Å². The van der Waals surface area contributed by atoms with E-state index in [4.69, 9.17) is 4.74 Å². The number of hydrogen-bond donors (Lipinski definition) is 2. The normalized spacial score (nSPS) is 26.7. The van der Waals surface area contributed by atoms with Crippen LogP contribution < -0.4 is 15.4 Å². The Labute approximate surface area is 239 Å². The lowest BCUT2D eigenvalue weighted by atomic mass is 9.99. The predicted octanol–water partition coefficient (Wildman–Crippen LogP) is 2.50. The van der Waals surface area contributed by atoms with E-state index in [0.29, 0.717) is 12.8 Å². The summed E-state index contributed by atoms with van der Waals surface area (Å²) >= 11 is 0. The standard InChI is InChI=1S/C28H31F4N5O5/c1-36(23(38)19(10-15-6-7-15)34-26(41)28(30,31)32)20(11-16-8-9-16)24(39)37-14-27(12-17(37)13-33)25(40)35-22(29)18-4-2-3-5-21(18)42-27/h2-5,15-17,19-20,22H,6-12,14H2,1H3,(H,34,41)(H,35,40)/t17-,19-,20-,22?,27+/m0/s1. The van der Waals surface area contributed by atoms with Gasteiger partial charge in [-0.15, -0.1) is 0 Å². The number of halogens is 4. The highest BCUT2D eigenvalue weighted by Crippen LogP contribution is 2.41. The number of benzene rings is 1. The molecule has 3 fully saturated rings. The van der Waals surface area contributed by atoms with Crippen molar-refractivity contribution in [2.24, 2.45) is 11.8 Å². The number of ether oxygens (including phenoxy) is 1. The minimum absolute atomic E-state index is 0.000790. The number of likely N-dealkylation sites (tertiary alicyclic amines) is 1. The molecule has 226 valence electrons. The molecular weight excluding hydrogens is 562 g/mol. The average Bonchev–Trinajstić information content (AvgIpc) is 3.88. The van der Waals surface area contributed by atoms with Crippen LogP contribution in [0.3, 0.4) is 0 Å². The number of rotatable bonds is 8. The number of fused-ring (bicyclic) bond motifs is 1. The molecule has 2 N–H and O–H groups in total. The molecule has 0 bridgehead atoms. The molecule has 5 rings (SSSR count). The Morgan fingerprint density at radius 1 is 1.19 bits per heavy atom. The van der Waals surface area contributed by atoms with Crippen LogP contribution in [-0.2, 0) is 19.2 Å². The van der Waals surface area contributed by atoms with Crippen molar-refractivity contribution >= 4 is 23.6 Å². The summed E-state index contributed by atoms with van der Waals surface area (Å²) in [5.41, 5.74) is -1.70. The molecule has 10 nitrogen and oxygen atoms in total. The van der Waals surface area contributed by atoms with Crippen LogP contribution in [0.1, 0.15) is 56.8 Å². The molecule has 5 atom stereocenters. The van der Waals surface area contributed by atoms with Gasteiger partial charge in [0.2, 0.25) is 23.7 Å². The number of carbonyl (C=O) groups is 4. The lowest BCUT2D eigenvalue weighted by Crippen LogP contribution is -2.58. The molecule has 2 saturated carbocycles. The Morgan fingerprint density at radius 2 is 1.83 bits per heavy atom. The molecular formula is C28H31F4N5O5. The first-order valence-electron chi connectivity index (χ1n) is 13.9. The average molecular weight is 594 g/mol. The summed E-state index contributed by atoms with van der Waals surface area (Å²) < 4.78 is 60.0. The Balaban J connectivity index is 1.40. The molecule has 1 unspecified atom stereocenters. The van der Waals surface area contributed by atoms with Gasteiger partial charge in [0, 0.05) is 19.0 Å². The SMILES string of the molecule is CN(C(=O)[C@H](CC1CC1)NC(=O)C(F)(F)F)[C@@H](CC1CC1)C(=O)N1C[C@@]2(C[C@H]1C#N)Oc1ccccc1C(F)NC2=O. The number of alkyl halides is 4. The molecule has 0 aromatic heterocycles. The number of nitrogens with zero attached hydrogens (tertiary/aromatic N) is 3. The molecule has 1 aromatic carbocycles. The third kappa shape index (κ3) is 6.00. The zero-order valence-corrected chi connectivity index (χ0v) is 22.8. The van der Waals surface area contributed by atoms with Gasteiger partial charge in [0.15, 0.2) is 0 Å². The highest BCUT2D eigenvalue weighted by Gasteiger charge is 2.56. The second-order valence-electron chi connectivity index (χ2n) is 11.6. The van der Waals surface area contributed by atoms with E-state index in [1.165, 1.54) is 19.2 Å². The maximum atomic E-state index is 14.9. The lowest BCUT2D eigenvalue weighted by molar-refractivity contribution is -0.175. The van der Waals surface area contributed by atoms with Crippen molar-refractivity contribution in [1.82, 2.24) is 20.4 Å². The van der Waals surface area contributed by atoms with E-state index in [0.717, 1.165) is 22.6 Å². The van der Waals surface area contributed by atoms with Gasteiger partial charge in [0.25, 0.3) is 5.91 Å². The van der Waals surface area contributed by atoms with Crippen LogP contribution in [0, 0.1) is 23.2 Å². The largest absolute Gasteiger partial charge is 0.475 e. The van der Waals surface area contributed by atoms with Gasteiger partial charge < -0.3 is 25.2 Å². The van der Waals surface area contributed by atoms with Crippen LogP contribution in [0.15, 0.2) is 24.3 Å². The van der Waals surface area contributed by atoms with Crippen LogP contribution in [0.4, 0.5) is 17.6 Å². The van der Waals surface area contributed by atoms with Gasteiger partial charge in [-0.1, -0.05) is 43.9 Å². The molecule has 1 spiro atoms. The molecule has 2 heterocycles. The van der Waals surface area contributed by atoms with Crippen molar-refractivity contribution in [3.63, 3.8) is 0 Å². The fourth-order valence-corrected chi connectivity index (χ4v) is 5.65. The number of nitriles is 1. The number of likely N-dealkylation sites (N-methyl/N-ethyl adjacent to an activating group) is 1. The molecule has 1 aromatic rings. The van der Waals surface area contributed by atoms with E-state index >= 15 is 0 Å². The van der Waals surface area contributed by atoms with Crippen molar-refractivity contribution in [2.75, 3.05) is 13.6 Å². The molecule has 2 aliphatic heterocycles. The summed E-state index contributed by atoms with van der Waals surface area (Å²) in [5.74, 6) is -4.47. The van der Waals surface area contributed by atoms with Crippen molar-refractivity contribution in [3.8, 4) is 11.8 Å². The van der Waals surface area contributed by atoms with Gasteiger partial charge >= 0.3 is 12.1 Å². The zero-order chi connectivity index (χ0) is 30.4. The quantitative estimate of drug-likeness (QED) is 0.352. The molecule has 4 aliphatic rings. The van der Waals surface area contributed by atoms with E-state index < -0.39 is 66.4 Å². The zero-order valence-electron chi connectivity index (χ0n) is 22.8. The first-order chi connectivity index (χ1) is 19.8. The van der Waals surface area contributed by atoms with E-state index in [1.54, 1.807) is 17.4 Å². The fourth-order valence-electron chi connectivity index (χ4n) is 5.65. The number of para-hydroxylation sites is 1. The molecule has 1 saturated heterocycles. The minimum Gasteiger partial charge on any atom is -0.475 e. The first-order valence-corrected chi connectivity index (χ1v) is 13.9. The number of carbonyl (C=O) groups excluding carboxylic acids is 4. The summed E-state index contributed by atoms with van der Waals surface area (Å²) in [6.07, 6.45) is -4.14. The smallest absolute Gasteiger partial charge is 0.471 e. The summed E-state index contributed by atoms with van der Waals surface area (Å²) in [5, 5.41) is 14.0. The predicted molar refractivity (Wildman–Crippen MR) is 137 cm³/mol. The molecule has 14 heteroatoms. The van der Waals surface area contributed by atoms with E-state index in [2.05, 4.69) is 5.32 Å². The van der Waals surface area contributed by atoms with Crippen LogP contribution in [0.25, 0.3) is 0 Å². The highest BCUT2D eigenvalue weighted by atomic mass is 19.4. The second-order valence-corrected chi connectivity index (χ2v) is 11.6. The Bertz CT molecular complexity index is 1310. The minimum atomic E-state index is -5.19. The third-order valence-electron chi connectivity index (χ3n) is 8.41. The first kappa shape index (κ1) is 29.6. The molecule has 2 aliphatic carbocycles. The summed E-state index contributed by atoms with van der Waals surface area (Å²) in [6.45, 7) is -0.406. The van der Waals surface area contributed by atoms with Crippen LogP contribution >= 0.6 is 0 Å². The maximum absolute atomic E-state index is 14.9. The highest BCUT2D eigenvalue weighted by molar-refractivity contribution is 5.94. The van der Waals surface area contributed by atoms with Crippen LogP contribution in [0.5, 0.6) is 5.75 Å².